The lowest BCUT2D eigenvalue weighted by molar-refractivity contribution is -0.121. The number of nitrogens with one attached hydrogen (secondary N) is 3. The van der Waals surface area contributed by atoms with E-state index >= 15 is 0 Å². The fourth-order valence-electron chi connectivity index (χ4n) is 2.75. The molecule has 1 aromatic heterocycles. The zero-order valence-corrected chi connectivity index (χ0v) is 15.5. The minimum atomic E-state index is 0.0357. The van der Waals surface area contributed by atoms with E-state index in [1.165, 1.54) is 0 Å². The molecule has 1 aliphatic rings. The minimum Gasteiger partial charge on any atom is -0.377 e. The molecular formula is C16H29N7O2. The summed E-state index contributed by atoms with van der Waals surface area (Å²) in [5, 5.41) is 13.9. The molecule has 0 fully saturated rings. The van der Waals surface area contributed by atoms with Crippen LogP contribution in [0.5, 0.6) is 0 Å². The molecule has 0 radical (unpaired) electrons. The molecule has 3 N–H and O–H groups in total. The normalized spacial score (nSPS) is 17.3. The van der Waals surface area contributed by atoms with Gasteiger partial charge in [0, 0.05) is 45.6 Å². The van der Waals surface area contributed by atoms with Gasteiger partial charge in [0.25, 0.3) is 0 Å². The van der Waals surface area contributed by atoms with Crippen molar-refractivity contribution in [2.45, 2.75) is 58.3 Å². The van der Waals surface area contributed by atoms with Gasteiger partial charge in [0.1, 0.15) is 12.4 Å². The van der Waals surface area contributed by atoms with Gasteiger partial charge in [-0.3, -0.25) is 9.79 Å². The number of aryl methyl sites for hydroxylation is 1. The smallest absolute Gasteiger partial charge is 0.221 e. The molecule has 140 valence electrons. The fourth-order valence-corrected chi connectivity index (χ4v) is 2.75. The minimum absolute atomic E-state index is 0.0357. The molecule has 9 heteroatoms. The van der Waals surface area contributed by atoms with Crippen molar-refractivity contribution in [3.63, 3.8) is 0 Å². The number of nitrogens with zero attached hydrogens (tertiary/aromatic N) is 4. The monoisotopic (exact) mass is 351 g/mol. The number of hydrogen-bond acceptors (Lipinski definition) is 5. The first-order valence-corrected chi connectivity index (χ1v) is 8.70. The highest BCUT2D eigenvalue weighted by Gasteiger charge is 2.22. The summed E-state index contributed by atoms with van der Waals surface area (Å²) in [6.45, 7) is 5.61. The highest BCUT2D eigenvalue weighted by Crippen LogP contribution is 2.13. The van der Waals surface area contributed by atoms with Crippen LogP contribution >= 0.6 is 0 Å². The summed E-state index contributed by atoms with van der Waals surface area (Å²) < 4.78 is 7.02. The molecule has 1 unspecified atom stereocenters. The van der Waals surface area contributed by atoms with Gasteiger partial charge in [0.05, 0.1) is 6.54 Å². The van der Waals surface area contributed by atoms with Gasteiger partial charge in [0.2, 0.25) is 5.91 Å². The average Bonchev–Trinajstić information content (AvgIpc) is 2.95. The van der Waals surface area contributed by atoms with E-state index in [9.17, 15) is 4.79 Å². The maximum absolute atomic E-state index is 11.7. The van der Waals surface area contributed by atoms with Crippen LogP contribution in [0.25, 0.3) is 0 Å². The lowest BCUT2D eigenvalue weighted by Crippen LogP contribution is -2.47. The molecule has 0 saturated carbocycles. The van der Waals surface area contributed by atoms with Crippen LogP contribution in [0.15, 0.2) is 4.99 Å². The molecule has 0 saturated heterocycles. The predicted octanol–water partition coefficient (Wildman–Crippen LogP) is -0.181. The zero-order valence-electron chi connectivity index (χ0n) is 15.5. The van der Waals surface area contributed by atoms with E-state index in [-0.39, 0.29) is 18.0 Å². The maximum atomic E-state index is 11.7. The Morgan fingerprint density at radius 3 is 2.96 bits per heavy atom. The lowest BCUT2D eigenvalue weighted by Gasteiger charge is -2.25. The summed E-state index contributed by atoms with van der Waals surface area (Å²) in [5.41, 5.74) is 0. The molecule has 0 bridgehead atoms. The van der Waals surface area contributed by atoms with Gasteiger partial charge in [-0.05, 0) is 20.3 Å². The van der Waals surface area contributed by atoms with E-state index < -0.39 is 0 Å². The number of carbonyl (C=O) groups is 1. The molecule has 0 aliphatic carbocycles. The van der Waals surface area contributed by atoms with E-state index in [0.717, 1.165) is 31.0 Å². The van der Waals surface area contributed by atoms with Crippen LogP contribution in [0.3, 0.4) is 0 Å². The molecule has 9 nitrogen and oxygen atoms in total. The van der Waals surface area contributed by atoms with Gasteiger partial charge >= 0.3 is 0 Å². The fraction of sp³-hybridized carbons (Fsp3) is 0.750. The molecule has 1 aromatic rings. The van der Waals surface area contributed by atoms with Crippen LogP contribution in [-0.2, 0) is 29.1 Å². The van der Waals surface area contributed by atoms with Crippen LogP contribution in [0, 0.1) is 0 Å². The van der Waals surface area contributed by atoms with E-state index in [1.54, 1.807) is 14.2 Å². The van der Waals surface area contributed by atoms with Crippen molar-refractivity contribution < 1.29 is 9.53 Å². The molecule has 25 heavy (non-hydrogen) atoms. The summed E-state index contributed by atoms with van der Waals surface area (Å²) in [5.74, 6) is 2.45. The Morgan fingerprint density at radius 2 is 2.28 bits per heavy atom. The second kappa shape index (κ2) is 9.36. The van der Waals surface area contributed by atoms with E-state index in [0.29, 0.717) is 25.5 Å². The summed E-state index contributed by atoms with van der Waals surface area (Å²) in [7, 11) is 3.37. The number of guanidine groups is 1. The van der Waals surface area contributed by atoms with Crippen LogP contribution in [0.2, 0.25) is 0 Å². The van der Waals surface area contributed by atoms with Gasteiger partial charge < -0.3 is 20.7 Å². The van der Waals surface area contributed by atoms with Crippen LogP contribution in [0.1, 0.15) is 38.3 Å². The van der Waals surface area contributed by atoms with Gasteiger partial charge in [-0.1, -0.05) is 0 Å². The first-order chi connectivity index (χ1) is 12.0. The number of hydrogen-bond donors (Lipinski definition) is 3. The summed E-state index contributed by atoms with van der Waals surface area (Å²) in [6.07, 6.45) is 2.24. The molecule has 0 aromatic carbocycles. The van der Waals surface area contributed by atoms with Gasteiger partial charge in [-0.25, -0.2) is 9.67 Å². The van der Waals surface area contributed by atoms with Gasteiger partial charge in [0.15, 0.2) is 11.8 Å². The summed E-state index contributed by atoms with van der Waals surface area (Å²) in [6, 6.07) is 0.382. The summed E-state index contributed by atoms with van der Waals surface area (Å²) in [4.78, 5) is 20.4. The third-order valence-corrected chi connectivity index (χ3v) is 3.83. The Kier molecular flexibility index (Phi) is 7.17. The van der Waals surface area contributed by atoms with Crippen molar-refractivity contribution in [2.75, 3.05) is 20.7 Å². The van der Waals surface area contributed by atoms with E-state index in [2.05, 4.69) is 31.0 Å². The topological polar surface area (TPSA) is 105 Å². The van der Waals surface area contributed by atoms with Crippen molar-refractivity contribution in [2.24, 2.45) is 4.99 Å². The molecule has 1 aliphatic heterocycles. The Labute approximate surface area is 148 Å². The number of methoxy groups -OCH3 is 1. The summed E-state index contributed by atoms with van der Waals surface area (Å²) >= 11 is 0. The number of carbonyl (C=O) groups excluding carboxylic acids is 1. The Hall–Kier alpha value is -2.16. The molecular weight excluding hydrogens is 322 g/mol. The molecule has 1 amide bonds. The zero-order chi connectivity index (χ0) is 18.2. The van der Waals surface area contributed by atoms with Crippen LogP contribution < -0.4 is 16.0 Å². The Morgan fingerprint density at radius 1 is 1.48 bits per heavy atom. The van der Waals surface area contributed by atoms with Crippen molar-refractivity contribution in [3.05, 3.63) is 11.6 Å². The Bertz CT molecular complexity index is 597. The molecule has 1 atom stereocenters. The van der Waals surface area contributed by atoms with Crippen LogP contribution in [-0.4, -0.2) is 59.4 Å². The van der Waals surface area contributed by atoms with Gasteiger partial charge in [-0.15, -0.1) is 0 Å². The molecule has 2 rings (SSSR count). The largest absolute Gasteiger partial charge is 0.377 e. The molecule has 0 spiro atoms. The Balaban J connectivity index is 1.79. The highest BCUT2D eigenvalue weighted by molar-refractivity contribution is 5.81. The van der Waals surface area contributed by atoms with Crippen LogP contribution in [0.4, 0.5) is 0 Å². The number of ether oxygens (including phenoxy) is 1. The van der Waals surface area contributed by atoms with Crippen molar-refractivity contribution in [1.29, 1.82) is 0 Å². The lowest BCUT2D eigenvalue weighted by atomic mass is 10.1. The quantitative estimate of drug-likeness (QED) is 0.465. The number of aromatic nitrogens is 3. The maximum Gasteiger partial charge on any atom is 0.221 e. The predicted molar refractivity (Wildman–Crippen MR) is 95.2 cm³/mol. The number of amides is 1. The first kappa shape index (κ1) is 19.2. The number of aliphatic imine (C=N–C) groups is 1. The third kappa shape index (κ3) is 6.00. The third-order valence-electron chi connectivity index (χ3n) is 3.83. The van der Waals surface area contributed by atoms with E-state index in [1.807, 2.05) is 18.5 Å². The highest BCUT2D eigenvalue weighted by atomic mass is 16.5. The molecule has 2 heterocycles. The van der Waals surface area contributed by atoms with Gasteiger partial charge in [-0.2, -0.15) is 5.10 Å². The first-order valence-electron chi connectivity index (χ1n) is 8.70. The number of fused-ring (bicyclic) bond motifs is 1. The van der Waals surface area contributed by atoms with Crippen molar-refractivity contribution >= 4 is 11.9 Å². The van der Waals surface area contributed by atoms with E-state index in [4.69, 9.17) is 4.74 Å². The second-order valence-corrected chi connectivity index (χ2v) is 6.41. The van der Waals surface area contributed by atoms with Crippen molar-refractivity contribution in [3.8, 4) is 0 Å². The second-order valence-electron chi connectivity index (χ2n) is 6.41. The standard InChI is InChI=1S/C16H29N7O2/c1-11(2)19-15(24)7-8-18-16(17-3)20-12-5-6-14-21-13(10-25-4)22-23(14)9-12/h11-12H,5-10H2,1-4H3,(H,19,24)(H2,17,18,20). The number of rotatable bonds is 7. The average molecular weight is 351 g/mol. The SMILES string of the molecule is CN=C(NCCC(=O)NC(C)C)NC1CCc2nc(COC)nn2C1. The van der Waals surface area contributed by atoms with Crippen molar-refractivity contribution in [1.82, 2.24) is 30.7 Å².